The third-order valence-corrected chi connectivity index (χ3v) is 8.53. The van der Waals surface area contributed by atoms with E-state index in [2.05, 4.69) is 23.6 Å². The van der Waals surface area contributed by atoms with Crippen LogP contribution in [-0.2, 0) is 9.84 Å². The van der Waals surface area contributed by atoms with E-state index in [1.807, 2.05) is 0 Å². The summed E-state index contributed by atoms with van der Waals surface area (Å²) in [4.78, 5) is 17.9. The minimum atomic E-state index is -2.92. The molecular formula is C20H37N3O4S. The van der Waals surface area contributed by atoms with E-state index in [1.54, 1.807) is 4.90 Å². The number of hydrogen-bond donors (Lipinski definition) is 1. The smallest absolute Gasteiger partial charge is 0.407 e. The highest BCUT2D eigenvalue weighted by atomic mass is 32.2. The maximum Gasteiger partial charge on any atom is 0.407 e. The largest absolute Gasteiger partial charge is 0.465 e. The lowest BCUT2D eigenvalue weighted by atomic mass is 9.54. The van der Waals surface area contributed by atoms with Crippen LogP contribution in [0.5, 0.6) is 0 Å². The molecule has 1 aliphatic carbocycles. The van der Waals surface area contributed by atoms with E-state index in [9.17, 15) is 18.3 Å². The van der Waals surface area contributed by atoms with Crippen LogP contribution >= 0.6 is 0 Å². The van der Waals surface area contributed by atoms with Gasteiger partial charge in [0.15, 0.2) is 0 Å². The molecule has 2 saturated heterocycles. The first-order chi connectivity index (χ1) is 13.2. The van der Waals surface area contributed by atoms with Gasteiger partial charge in [0.05, 0.1) is 5.75 Å². The molecule has 3 unspecified atom stereocenters. The summed E-state index contributed by atoms with van der Waals surface area (Å²) in [6, 6.07) is 1.07. The fourth-order valence-electron chi connectivity index (χ4n) is 6.04. The van der Waals surface area contributed by atoms with Crippen LogP contribution in [0.3, 0.4) is 0 Å². The molecule has 1 saturated carbocycles. The Morgan fingerprint density at radius 3 is 2.39 bits per heavy atom. The van der Waals surface area contributed by atoms with Gasteiger partial charge in [-0.2, -0.15) is 0 Å². The van der Waals surface area contributed by atoms with Crippen molar-refractivity contribution in [2.75, 3.05) is 51.3 Å². The van der Waals surface area contributed by atoms with Crippen molar-refractivity contribution in [2.45, 2.75) is 58.0 Å². The van der Waals surface area contributed by atoms with Crippen molar-refractivity contribution in [1.29, 1.82) is 0 Å². The SMILES string of the molecule is CCC1C(N2CCC(N(CC)CCS(C)(=O)=O)CC2)CC12CCN(C(=O)O)C2. The lowest BCUT2D eigenvalue weighted by molar-refractivity contribution is -0.0820. The van der Waals surface area contributed by atoms with Crippen LogP contribution in [0.1, 0.15) is 46.0 Å². The molecule has 0 aromatic rings. The van der Waals surface area contributed by atoms with Crippen LogP contribution < -0.4 is 0 Å². The number of amides is 1. The molecule has 0 radical (unpaired) electrons. The zero-order chi connectivity index (χ0) is 20.5. The topological polar surface area (TPSA) is 81.2 Å². The molecule has 3 rings (SSSR count). The zero-order valence-electron chi connectivity index (χ0n) is 17.6. The predicted molar refractivity (Wildman–Crippen MR) is 110 cm³/mol. The van der Waals surface area contributed by atoms with E-state index in [1.165, 1.54) is 6.26 Å². The van der Waals surface area contributed by atoms with E-state index in [4.69, 9.17) is 0 Å². The number of likely N-dealkylation sites (tertiary alicyclic amines) is 2. The van der Waals surface area contributed by atoms with Crippen molar-refractivity contribution in [3.8, 4) is 0 Å². The second kappa shape index (κ2) is 8.48. The molecule has 2 aliphatic heterocycles. The Hall–Kier alpha value is -0.860. The second-order valence-electron chi connectivity index (χ2n) is 9.13. The number of nitrogens with zero attached hydrogens (tertiary/aromatic N) is 3. The standard InChI is InChI=1S/C20H37N3O4S/c1-4-17-18(14-20(17)8-11-23(15-20)19(24)25)22-9-6-16(7-10-22)21(5-2)12-13-28(3,26)27/h16-18H,4-15H2,1-3H3,(H,24,25). The van der Waals surface area contributed by atoms with Crippen LogP contribution in [0.15, 0.2) is 0 Å². The van der Waals surface area contributed by atoms with Crippen molar-refractivity contribution >= 4 is 15.9 Å². The fourth-order valence-corrected chi connectivity index (χ4v) is 6.61. The zero-order valence-corrected chi connectivity index (χ0v) is 18.5. The number of rotatable bonds is 7. The first-order valence-corrected chi connectivity index (χ1v) is 12.9. The Kier molecular flexibility index (Phi) is 6.61. The molecule has 2 heterocycles. The Balaban J connectivity index is 1.52. The average molecular weight is 416 g/mol. The lowest BCUT2D eigenvalue weighted by Gasteiger charge is -2.58. The van der Waals surface area contributed by atoms with Gasteiger partial charge in [0, 0.05) is 38.0 Å². The summed E-state index contributed by atoms with van der Waals surface area (Å²) in [6.45, 7) is 9.43. The van der Waals surface area contributed by atoms with Gasteiger partial charge in [-0.05, 0) is 56.7 Å². The first-order valence-electron chi connectivity index (χ1n) is 10.8. The quantitative estimate of drug-likeness (QED) is 0.685. The molecule has 7 nitrogen and oxygen atoms in total. The molecule has 8 heteroatoms. The van der Waals surface area contributed by atoms with E-state index in [0.717, 1.165) is 51.7 Å². The van der Waals surface area contributed by atoms with Gasteiger partial charge in [-0.1, -0.05) is 20.3 Å². The number of piperidine rings is 1. The second-order valence-corrected chi connectivity index (χ2v) is 11.4. The van der Waals surface area contributed by atoms with Gasteiger partial charge in [0.1, 0.15) is 9.84 Å². The summed E-state index contributed by atoms with van der Waals surface area (Å²) < 4.78 is 23.0. The van der Waals surface area contributed by atoms with E-state index in [-0.39, 0.29) is 11.2 Å². The number of hydrogen-bond acceptors (Lipinski definition) is 5. The number of carboxylic acid groups (broad SMARTS) is 1. The summed E-state index contributed by atoms with van der Waals surface area (Å²) in [5.74, 6) is 0.838. The van der Waals surface area contributed by atoms with Gasteiger partial charge in [-0.3, -0.25) is 9.80 Å². The maximum absolute atomic E-state index is 11.5. The van der Waals surface area contributed by atoms with Gasteiger partial charge in [-0.15, -0.1) is 0 Å². The Morgan fingerprint density at radius 1 is 1.21 bits per heavy atom. The van der Waals surface area contributed by atoms with Crippen molar-refractivity contribution in [3.63, 3.8) is 0 Å². The number of sulfone groups is 1. The van der Waals surface area contributed by atoms with Crippen LogP contribution in [0.4, 0.5) is 4.79 Å². The van der Waals surface area contributed by atoms with Crippen molar-refractivity contribution in [1.82, 2.24) is 14.7 Å². The molecule has 0 aromatic heterocycles. The molecule has 3 atom stereocenters. The molecule has 1 spiro atoms. The monoisotopic (exact) mass is 415 g/mol. The van der Waals surface area contributed by atoms with Gasteiger partial charge >= 0.3 is 6.09 Å². The van der Waals surface area contributed by atoms with Crippen molar-refractivity contribution in [3.05, 3.63) is 0 Å². The van der Waals surface area contributed by atoms with E-state index < -0.39 is 15.9 Å². The molecule has 1 N–H and O–H groups in total. The summed E-state index contributed by atoms with van der Waals surface area (Å²) in [7, 11) is -2.92. The summed E-state index contributed by atoms with van der Waals surface area (Å²) in [6.07, 6.45) is 6.00. The summed E-state index contributed by atoms with van der Waals surface area (Å²) >= 11 is 0. The molecule has 1 amide bonds. The van der Waals surface area contributed by atoms with Gasteiger partial charge in [0.2, 0.25) is 0 Å². The average Bonchev–Trinajstić information content (AvgIpc) is 3.08. The maximum atomic E-state index is 11.5. The van der Waals surface area contributed by atoms with Gasteiger partial charge < -0.3 is 10.0 Å². The Bertz CT molecular complexity index is 662. The minimum absolute atomic E-state index is 0.208. The highest BCUT2D eigenvalue weighted by Gasteiger charge is 2.57. The molecule has 3 fully saturated rings. The Labute approximate surface area is 170 Å². The molecule has 162 valence electrons. The summed E-state index contributed by atoms with van der Waals surface area (Å²) in [5, 5.41) is 9.31. The predicted octanol–water partition coefficient (Wildman–Crippen LogP) is 1.99. The van der Waals surface area contributed by atoms with Gasteiger partial charge in [-0.25, -0.2) is 13.2 Å². The summed E-state index contributed by atoms with van der Waals surface area (Å²) in [5.41, 5.74) is 0.208. The Morgan fingerprint density at radius 2 is 1.89 bits per heavy atom. The number of carbonyl (C=O) groups is 1. The third-order valence-electron chi connectivity index (χ3n) is 7.60. The molecule has 3 aliphatic rings. The van der Waals surface area contributed by atoms with Crippen LogP contribution in [-0.4, -0.2) is 97.7 Å². The first kappa shape index (κ1) is 21.8. The van der Waals surface area contributed by atoms with Gasteiger partial charge in [0.25, 0.3) is 0 Å². The molecule has 28 heavy (non-hydrogen) atoms. The molecular weight excluding hydrogens is 378 g/mol. The highest BCUT2D eigenvalue weighted by Crippen LogP contribution is 2.56. The molecule has 0 bridgehead atoms. The van der Waals surface area contributed by atoms with E-state index >= 15 is 0 Å². The minimum Gasteiger partial charge on any atom is -0.465 e. The fraction of sp³-hybridized carbons (Fsp3) is 0.950. The van der Waals surface area contributed by atoms with Crippen LogP contribution in [0.2, 0.25) is 0 Å². The lowest BCUT2D eigenvalue weighted by Crippen LogP contribution is -2.62. The van der Waals surface area contributed by atoms with Crippen molar-refractivity contribution in [2.24, 2.45) is 11.3 Å². The third kappa shape index (κ3) is 4.49. The van der Waals surface area contributed by atoms with Crippen molar-refractivity contribution < 1.29 is 18.3 Å². The van der Waals surface area contributed by atoms with Crippen LogP contribution in [0, 0.1) is 11.3 Å². The van der Waals surface area contributed by atoms with Crippen LogP contribution in [0.25, 0.3) is 0 Å². The normalized spacial score (nSPS) is 32.2. The molecule has 0 aromatic carbocycles. The van der Waals surface area contributed by atoms with E-state index in [0.29, 0.717) is 37.6 Å². The highest BCUT2D eigenvalue weighted by molar-refractivity contribution is 7.90.